The number of β-amino-alcohol motifs (C(OH)–C–C–N with tert-alkyl or cyclic N) is 1. The molecule has 0 aliphatic carbocycles. The molecule has 138 valence electrons. The van der Waals surface area contributed by atoms with Gasteiger partial charge in [0.1, 0.15) is 0 Å². The third kappa shape index (κ3) is 5.39. The van der Waals surface area contributed by atoms with E-state index in [1.165, 1.54) is 12.8 Å². The molecule has 3 heterocycles. The number of carbonyl (C=O) groups is 1. The van der Waals surface area contributed by atoms with Crippen molar-refractivity contribution >= 4 is 5.91 Å². The zero-order valence-electron chi connectivity index (χ0n) is 14.4. The maximum Gasteiger partial charge on any atom is 0.222 e. The van der Waals surface area contributed by atoms with Crippen molar-refractivity contribution in [2.75, 3.05) is 45.9 Å². The van der Waals surface area contributed by atoms with Gasteiger partial charge >= 0.3 is 0 Å². The van der Waals surface area contributed by atoms with E-state index in [4.69, 9.17) is 9.47 Å². The number of nitrogens with one attached hydrogen (secondary N) is 2. The summed E-state index contributed by atoms with van der Waals surface area (Å²) in [5, 5.41) is 16.0. The Balaban J connectivity index is 1.35. The van der Waals surface area contributed by atoms with Gasteiger partial charge < -0.3 is 30.1 Å². The first-order valence-corrected chi connectivity index (χ1v) is 9.34. The van der Waals surface area contributed by atoms with Crippen LogP contribution in [0.4, 0.5) is 0 Å². The van der Waals surface area contributed by atoms with Gasteiger partial charge in [-0.15, -0.1) is 0 Å². The van der Waals surface area contributed by atoms with Gasteiger partial charge in [0, 0.05) is 25.7 Å². The molecule has 24 heavy (non-hydrogen) atoms. The molecule has 3 rings (SSSR count). The van der Waals surface area contributed by atoms with Gasteiger partial charge in [0.15, 0.2) is 0 Å². The lowest BCUT2D eigenvalue weighted by molar-refractivity contribution is -0.137. The van der Waals surface area contributed by atoms with Crippen molar-refractivity contribution in [2.45, 2.75) is 56.5 Å². The number of nitrogens with zero attached hydrogens (tertiary/aromatic N) is 1. The predicted molar refractivity (Wildman–Crippen MR) is 89.8 cm³/mol. The Morgan fingerprint density at radius 1 is 1.25 bits per heavy atom. The maximum atomic E-state index is 12.1. The largest absolute Gasteiger partial charge is 0.389 e. The number of hydrogen-bond acceptors (Lipinski definition) is 6. The molecular weight excluding hydrogens is 310 g/mol. The van der Waals surface area contributed by atoms with Crippen molar-refractivity contribution in [1.29, 1.82) is 0 Å². The highest BCUT2D eigenvalue weighted by molar-refractivity contribution is 5.76. The highest BCUT2D eigenvalue weighted by Gasteiger charge is 2.33. The number of aliphatic hydroxyl groups excluding tert-OH is 1. The minimum Gasteiger partial charge on any atom is -0.389 e. The normalized spacial score (nSPS) is 35.0. The fraction of sp³-hybridized carbons (Fsp3) is 0.941. The van der Waals surface area contributed by atoms with Crippen molar-refractivity contribution in [3.05, 3.63) is 0 Å². The van der Waals surface area contributed by atoms with Crippen LogP contribution in [0.3, 0.4) is 0 Å². The molecule has 3 saturated heterocycles. The van der Waals surface area contributed by atoms with Gasteiger partial charge in [-0.25, -0.2) is 0 Å². The Morgan fingerprint density at radius 2 is 2.08 bits per heavy atom. The standard InChI is InChI=1S/C17H31N3O4/c21-13-10-19-15-4-3-14(24-16(15)12-23-11-13)9-17(22)18-5-8-20-6-1-2-7-20/h13-16,19,21H,1-12H2,(H,18,22)/t13-,14-,15-,16+/m0/s1. The molecule has 0 spiro atoms. The molecule has 0 radical (unpaired) electrons. The van der Waals surface area contributed by atoms with E-state index < -0.39 is 6.10 Å². The van der Waals surface area contributed by atoms with Crippen LogP contribution >= 0.6 is 0 Å². The maximum absolute atomic E-state index is 12.1. The second kappa shape index (κ2) is 9.10. The molecular formula is C17H31N3O4. The number of aliphatic hydroxyl groups is 1. The number of amides is 1. The zero-order valence-corrected chi connectivity index (χ0v) is 14.4. The van der Waals surface area contributed by atoms with Crippen LogP contribution in [0.15, 0.2) is 0 Å². The molecule has 4 atom stereocenters. The summed E-state index contributed by atoms with van der Waals surface area (Å²) >= 11 is 0. The number of carbonyl (C=O) groups excluding carboxylic acids is 1. The molecule has 0 aromatic rings. The summed E-state index contributed by atoms with van der Waals surface area (Å²) < 4.78 is 11.6. The highest BCUT2D eigenvalue weighted by Crippen LogP contribution is 2.23. The van der Waals surface area contributed by atoms with Crippen molar-refractivity contribution < 1.29 is 19.4 Å². The first-order valence-electron chi connectivity index (χ1n) is 9.34. The molecule has 0 aromatic carbocycles. The van der Waals surface area contributed by atoms with Crippen molar-refractivity contribution in [2.24, 2.45) is 0 Å². The van der Waals surface area contributed by atoms with Crippen LogP contribution in [0, 0.1) is 0 Å². The summed E-state index contributed by atoms with van der Waals surface area (Å²) in [5.74, 6) is 0.0767. The smallest absolute Gasteiger partial charge is 0.222 e. The van der Waals surface area contributed by atoms with Gasteiger partial charge in [-0.3, -0.25) is 4.79 Å². The van der Waals surface area contributed by atoms with Crippen LogP contribution in [0.1, 0.15) is 32.1 Å². The lowest BCUT2D eigenvalue weighted by Gasteiger charge is -2.38. The molecule has 0 aromatic heterocycles. The number of likely N-dealkylation sites (tertiary alicyclic amines) is 1. The van der Waals surface area contributed by atoms with Crippen LogP contribution in [-0.4, -0.2) is 86.2 Å². The molecule has 0 bridgehead atoms. The van der Waals surface area contributed by atoms with Gasteiger partial charge in [0.25, 0.3) is 0 Å². The summed E-state index contributed by atoms with van der Waals surface area (Å²) in [7, 11) is 0. The number of rotatable bonds is 5. The molecule has 3 aliphatic rings. The summed E-state index contributed by atoms with van der Waals surface area (Å²) in [6.07, 6.45) is 4.27. The van der Waals surface area contributed by atoms with Crippen LogP contribution in [0.2, 0.25) is 0 Å². The molecule has 0 unspecified atom stereocenters. The second-order valence-corrected chi connectivity index (χ2v) is 7.18. The monoisotopic (exact) mass is 341 g/mol. The van der Waals surface area contributed by atoms with Gasteiger partial charge in [-0.2, -0.15) is 0 Å². The predicted octanol–water partition coefficient (Wildman–Crippen LogP) is -0.515. The second-order valence-electron chi connectivity index (χ2n) is 7.18. The van der Waals surface area contributed by atoms with Crippen molar-refractivity contribution in [3.63, 3.8) is 0 Å². The Morgan fingerprint density at radius 3 is 2.92 bits per heavy atom. The molecule has 3 fully saturated rings. The Kier molecular flexibility index (Phi) is 6.85. The van der Waals surface area contributed by atoms with E-state index in [0.717, 1.165) is 39.0 Å². The lowest BCUT2D eigenvalue weighted by Crippen LogP contribution is -2.54. The zero-order chi connectivity index (χ0) is 16.8. The fourth-order valence-electron chi connectivity index (χ4n) is 3.81. The lowest BCUT2D eigenvalue weighted by atomic mass is 9.96. The number of fused-ring (bicyclic) bond motifs is 1. The average molecular weight is 341 g/mol. The van der Waals surface area contributed by atoms with Crippen LogP contribution < -0.4 is 10.6 Å². The fourth-order valence-corrected chi connectivity index (χ4v) is 3.81. The number of hydrogen-bond donors (Lipinski definition) is 3. The van der Waals surface area contributed by atoms with Gasteiger partial charge in [0.05, 0.1) is 37.9 Å². The third-order valence-electron chi connectivity index (χ3n) is 5.19. The minimum atomic E-state index is -0.454. The van der Waals surface area contributed by atoms with Crippen LogP contribution in [0.5, 0.6) is 0 Å². The van der Waals surface area contributed by atoms with E-state index >= 15 is 0 Å². The van der Waals surface area contributed by atoms with Crippen LogP contribution in [0.25, 0.3) is 0 Å². The highest BCUT2D eigenvalue weighted by atomic mass is 16.5. The minimum absolute atomic E-state index is 0.0337. The van der Waals surface area contributed by atoms with E-state index in [-0.39, 0.29) is 24.2 Å². The van der Waals surface area contributed by atoms with E-state index in [1.54, 1.807) is 0 Å². The van der Waals surface area contributed by atoms with Crippen molar-refractivity contribution in [1.82, 2.24) is 15.5 Å². The Hall–Kier alpha value is -0.730. The Labute approximate surface area is 144 Å². The number of ether oxygens (including phenoxy) is 2. The van der Waals surface area contributed by atoms with Gasteiger partial charge in [-0.05, 0) is 38.8 Å². The summed E-state index contributed by atoms with van der Waals surface area (Å²) in [5.41, 5.74) is 0. The van der Waals surface area contributed by atoms with E-state index in [0.29, 0.717) is 26.2 Å². The first-order chi connectivity index (χ1) is 11.7. The van der Waals surface area contributed by atoms with Crippen LogP contribution in [-0.2, 0) is 14.3 Å². The Bertz CT molecular complexity index is 403. The third-order valence-corrected chi connectivity index (χ3v) is 5.19. The SMILES string of the molecule is O=C(C[C@@H]1CC[C@@H]2NC[C@H](O)COC[C@H]2O1)NCCN1CCCC1. The first kappa shape index (κ1) is 18.1. The van der Waals surface area contributed by atoms with E-state index in [2.05, 4.69) is 15.5 Å². The summed E-state index contributed by atoms with van der Waals surface area (Å²) in [6, 6.07) is 0.203. The van der Waals surface area contributed by atoms with E-state index in [1.807, 2.05) is 0 Å². The summed E-state index contributed by atoms with van der Waals surface area (Å²) in [4.78, 5) is 14.5. The average Bonchev–Trinajstić information content (AvgIpc) is 3.05. The van der Waals surface area contributed by atoms with E-state index in [9.17, 15) is 9.90 Å². The molecule has 7 nitrogen and oxygen atoms in total. The van der Waals surface area contributed by atoms with Gasteiger partial charge in [0.2, 0.25) is 5.91 Å². The van der Waals surface area contributed by atoms with Crippen molar-refractivity contribution in [3.8, 4) is 0 Å². The molecule has 0 saturated carbocycles. The molecule has 3 N–H and O–H groups in total. The van der Waals surface area contributed by atoms with Gasteiger partial charge in [-0.1, -0.05) is 0 Å². The molecule has 7 heteroatoms. The topological polar surface area (TPSA) is 83.1 Å². The molecule has 1 amide bonds. The molecule has 3 aliphatic heterocycles. The summed E-state index contributed by atoms with van der Waals surface area (Å²) in [6.45, 7) is 5.33. The quantitative estimate of drug-likeness (QED) is 0.625.